The molecule has 80 valence electrons. The molecule has 2 aromatic heterocycles. The fourth-order valence-electron chi connectivity index (χ4n) is 1.84. The first-order valence-electron chi connectivity index (χ1n) is 5.32. The van der Waals surface area contributed by atoms with Crippen molar-refractivity contribution in [3.05, 3.63) is 45.4 Å². The van der Waals surface area contributed by atoms with Crippen LogP contribution in [-0.2, 0) is 13.0 Å². The van der Waals surface area contributed by atoms with E-state index in [1.807, 2.05) is 0 Å². The number of aryl methyl sites for hydroxylation is 3. The molecule has 0 bridgehead atoms. The van der Waals surface area contributed by atoms with Crippen LogP contribution < -0.4 is 0 Å². The van der Waals surface area contributed by atoms with E-state index in [9.17, 15) is 0 Å². The Kier molecular flexibility index (Phi) is 2.96. The van der Waals surface area contributed by atoms with Crippen molar-refractivity contribution >= 4 is 11.3 Å². The van der Waals surface area contributed by atoms with E-state index in [0.29, 0.717) is 0 Å². The highest BCUT2D eigenvalue weighted by atomic mass is 32.1. The van der Waals surface area contributed by atoms with E-state index in [0.717, 1.165) is 13.0 Å². The first-order valence-corrected chi connectivity index (χ1v) is 6.27. The highest BCUT2D eigenvalue weighted by molar-refractivity contribution is 7.07. The van der Waals surface area contributed by atoms with Crippen LogP contribution in [0.2, 0.25) is 0 Å². The molecule has 0 saturated heterocycles. The Morgan fingerprint density at radius 3 is 2.60 bits per heavy atom. The molecule has 0 saturated carbocycles. The molecule has 2 rings (SSSR count). The SMILES string of the molecule is Cc1cn(CCc2ccsc2)c(C)c1C. The Balaban J connectivity index is 2.08. The van der Waals surface area contributed by atoms with Crippen molar-refractivity contribution in [1.29, 1.82) is 0 Å². The summed E-state index contributed by atoms with van der Waals surface area (Å²) in [5.41, 5.74) is 5.68. The number of aromatic nitrogens is 1. The molecule has 0 unspecified atom stereocenters. The Morgan fingerprint density at radius 1 is 1.27 bits per heavy atom. The molecule has 0 atom stereocenters. The highest BCUT2D eigenvalue weighted by Crippen LogP contribution is 2.16. The van der Waals surface area contributed by atoms with Crippen LogP contribution >= 0.6 is 11.3 Å². The predicted octanol–water partition coefficient (Wildman–Crippen LogP) is 3.72. The molecular weight excluding hydrogens is 202 g/mol. The van der Waals surface area contributed by atoms with Gasteiger partial charge in [-0.25, -0.2) is 0 Å². The molecule has 2 aromatic rings. The third-order valence-corrected chi connectivity index (χ3v) is 3.87. The van der Waals surface area contributed by atoms with Crippen molar-refractivity contribution in [2.24, 2.45) is 0 Å². The summed E-state index contributed by atoms with van der Waals surface area (Å²) in [6, 6.07) is 2.21. The summed E-state index contributed by atoms with van der Waals surface area (Å²) in [6.45, 7) is 7.68. The van der Waals surface area contributed by atoms with Gasteiger partial charge in [0.05, 0.1) is 0 Å². The van der Waals surface area contributed by atoms with Crippen LogP contribution in [0.5, 0.6) is 0 Å². The third-order valence-electron chi connectivity index (χ3n) is 3.14. The van der Waals surface area contributed by atoms with E-state index in [4.69, 9.17) is 0 Å². The van der Waals surface area contributed by atoms with Gasteiger partial charge in [-0.3, -0.25) is 0 Å². The minimum atomic E-state index is 1.09. The molecular formula is C13H17NS. The monoisotopic (exact) mass is 219 g/mol. The van der Waals surface area contributed by atoms with Gasteiger partial charge in [-0.05, 0) is 60.7 Å². The molecule has 0 aliphatic heterocycles. The van der Waals surface area contributed by atoms with Crippen molar-refractivity contribution in [2.45, 2.75) is 33.7 Å². The number of hydrogen-bond donors (Lipinski definition) is 0. The van der Waals surface area contributed by atoms with Crippen LogP contribution in [0.3, 0.4) is 0 Å². The summed E-state index contributed by atoms with van der Waals surface area (Å²) < 4.78 is 2.36. The van der Waals surface area contributed by atoms with Crippen molar-refractivity contribution < 1.29 is 0 Å². The molecule has 1 nitrogen and oxygen atoms in total. The first kappa shape index (κ1) is 10.5. The van der Waals surface area contributed by atoms with Crippen molar-refractivity contribution in [3.63, 3.8) is 0 Å². The molecule has 2 heteroatoms. The van der Waals surface area contributed by atoms with E-state index in [2.05, 4.69) is 48.4 Å². The van der Waals surface area contributed by atoms with Crippen molar-refractivity contribution in [3.8, 4) is 0 Å². The Morgan fingerprint density at radius 2 is 2.07 bits per heavy atom. The second kappa shape index (κ2) is 4.23. The van der Waals surface area contributed by atoms with Crippen LogP contribution in [0.1, 0.15) is 22.4 Å². The molecule has 0 radical (unpaired) electrons. The molecule has 0 fully saturated rings. The van der Waals surface area contributed by atoms with Gasteiger partial charge in [0.2, 0.25) is 0 Å². The molecule has 0 amide bonds. The summed E-state index contributed by atoms with van der Waals surface area (Å²) in [4.78, 5) is 0. The van der Waals surface area contributed by atoms with Crippen molar-refractivity contribution in [2.75, 3.05) is 0 Å². The Labute approximate surface area is 95.4 Å². The third kappa shape index (κ3) is 2.15. The molecule has 15 heavy (non-hydrogen) atoms. The summed E-state index contributed by atoms with van der Waals surface area (Å²) in [5, 5.41) is 4.38. The second-order valence-corrected chi connectivity index (χ2v) is 4.88. The summed E-state index contributed by atoms with van der Waals surface area (Å²) in [6.07, 6.45) is 3.40. The molecule has 0 N–H and O–H groups in total. The zero-order valence-corrected chi connectivity index (χ0v) is 10.4. The molecule has 0 aliphatic rings. The Hall–Kier alpha value is -1.02. The fourth-order valence-corrected chi connectivity index (χ4v) is 2.55. The average molecular weight is 219 g/mol. The minimum Gasteiger partial charge on any atom is -0.351 e. The van der Waals surface area contributed by atoms with Gasteiger partial charge < -0.3 is 4.57 Å². The maximum Gasteiger partial charge on any atom is 0.0263 e. The lowest BCUT2D eigenvalue weighted by atomic mass is 10.2. The van der Waals surface area contributed by atoms with Gasteiger partial charge in [0.15, 0.2) is 0 Å². The second-order valence-electron chi connectivity index (χ2n) is 4.10. The maximum absolute atomic E-state index is 2.36. The van der Waals surface area contributed by atoms with Gasteiger partial charge in [0.25, 0.3) is 0 Å². The predicted molar refractivity (Wildman–Crippen MR) is 66.7 cm³/mol. The van der Waals surface area contributed by atoms with Gasteiger partial charge in [0, 0.05) is 18.4 Å². The number of hydrogen-bond acceptors (Lipinski definition) is 1. The highest BCUT2D eigenvalue weighted by Gasteiger charge is 2.04. The first-order chi connectivity index (χ1) is 7.18. The van der Waals surface area contributed by atoms with E-state index in [1.165, 1.54) is 22.4 Å². The van der Waals surface area contributed by atoms with Gasteiger partial charge in [-0.2, -0.15) is 11.3 Å². The topological polar surface area (TPSA) is 4.93 Å². The van der Waals surface area contributed by atoms with Gasteiger partial charge >= 0.3 is 0 Å². The summed E-state index contributed by atoms with van der Waals surface area (Å²) in [7, 11) is 0. The standard InChI is InChI=1S/C13H17NS/c1-10-8-14(12(3)11(10)2)6-4-13-5-7-15-9-13/h5,7-9H,4,6H2,1-3H3. The summed E-state index contributed by atoms with van der Waals surface area (Å²) >= 11 is 1.78. The molecule has 0 aromatic carbocycles. The van der Waals surface area contributed by atoms with Crippen LogP contribution in [0.25, 0.3) is 0 Å². The fraction of sp³-hybridized carbons (Fsp3) is 0.385. The largest absolute Gasteiger partial charge is 0.351 e. The number of rotatable bonds is 3. The molecule has 0 aliphatic carbocycles. The summed E-state index contributed by atoms with van der Waals surface area (Å²) in [5.74, 6) is 0. The zero-order chi connectivity index (χ0) is 10.8. The maximum atomic E-state index is 2.36. The lowest BCUT2D eigenvalue weighted by Crippen LogP contribution is -2.01. The average Bonchev–Trinajstić information content (AvgIpc) is 2.80. The zero-order valence-electron chi connectivity index (χ0n) is 9.58. The molecule has 0 spiro atoms. The van der Waals surface area contributed by atoms with Gasteiger partial charge in [-0.1, -0.05) is 0 Å². The van der Waals surface area contributed by atoms with Crippen LogP contribution in [0.15, 0.2) is 23.0 Å². The quantitative estimate of drug-likeness (QED) is 0.741. The van der Waals surface area contributed by atoms with Crippen LogP contribution in [0.4, 0.5) is 0 Å². The smallest absolute Gasteiger partial charge is 0.0263 e. The van der Waals surface area contributed by atoms with E-state index < -0.39 is 0 Å². The van der Waals surface area contributed by atoms with Crippen molar-refractivity contribution in [1.82, 2.24) is 4.57 Å². The van der Waals surface area contributed by atoms with E-state index in [1.54, 1.807) is 11.3 Å². The minimum absolute atomic E-state index is 1.09. The van der Waals surface area contributed by atoms with E-state index >= 15 is 0 Å². The lowest BCUT2D eigenvalue weighted by molar-refractivity contribution is 0.681. The number of thiophene rings is 1. The van der Waals surface area contributed by atoms with Crippen LogP contribution in [-0.4, -0.2) is 4.57 Å². The van der Waals surface area contributed by atoms with Gasteiger partial charge in [-0.15, -0.1) is 0 Å². The lowest BCUT2D eigenvalue weighted by Gasteiger charge is -2.05. The van der Waals surface area contributed by atoms with Gasteiger partial charge in [0.1, 0.15) is 0 Å². The Bertz CT molecular complexity index is 437. The van der Waals surface area contributed by atoms with E-state index in [-0.39, 0.29) is 0 Å². The molecule has 2 heterocycles. The van der Waals surface area contributed by atoms with Crippen LogP contribution in [0, 0.1) is 20.8 Å². The normalized spacial score (nSPS) is 10.9. The number of nitrogens with zero attached hydrogens (tertiary/aromatic N) is 1.